The van der Waals surface area contributed by atoms with Gasteiger partial charge >= 0.3 is 5.97 Å². The molecule has 20 heavy (non-hydrogen) atoms. The van der Waals surface area contributed by atoms with Gasteiger partial charge in [-0.1, -0.05) is 34.8 Å². The Morgan fingerprint density at radius 1 is 1.20 bits per heavy atom. The maximum atomic E-state index is 11.9. The van der Waals surface area contributed by atoms with Crippen LogP contribution in [0.3, 0.4) is 0 Å². The summed E-state index contributed by atoms with van der Waals surface area (Å²) >= 11 is 17.6. The van der Waals surface area contributed by atoms with Gasteiger partial charge in [-0.3, -0.25) is 4.79 Å². The first-order valence-electron chi connectivity index (χ1n) is 5.74. The zero-order chi connectivity index (χ0) is 15.3. The minimum atomic E-state index is -3.52. The number of ether oxygens (including phenoxy) is 1. The fraction of sp³-hybridized carbons (Fsp3) is 0.417. The van der Waals surface area contributed by atoms with E-state index in [9.17, 15) is 13.2 Å². The lowest BCUT2D eigenvalue weighted by molar-refractivity contribution is -0.142. The molecule has 0 bridgehead atoms. The van der Waals surface area contributed by atoms with Crippen LogP contribution in [0.2, 0.25) is 15.1 Å². The molecule has 0 aliphatic heterocycles. The molecular weight excluding hydrogens is 347 g/mol. The zero-order valence-corrected chi connectivity index (χ0v) is 13.7. The number of esters is 1. The number of rotatable bonds is 6. The molecule has 0 spiro atoms. The number of hydrogen-bond acceptors (Lipinski definition) is 4. The lowest BCUT2D eigenvalue weighted by Crippen LogP contribution is -2.15. The molecular formula is C12H13Cl3O4S. The summed E-state index contributed by atoms with van der Waals surface area (Å²) in [6.07, 6.45) is -0.195. The van der Waals surface area contributed by atoms with E-state index in [1.165, 1.54) is 12.1 Å². The fourth-order valence-electron chi connectivity index (χ4n) is 1.47. The number of sulfone groups is 1. The molecule has 112 valence electrons. The first kappa shape index (κ1) is 17.6. The predicted octanol–water partition coefficient (Wildman–Crippen LogP) is 3.51. The van der Waals surface area contributed by atoms with Gasteiger partial charge in [0.2, 0.25) is 0 Å². The van der Waals surface area contributed by atoms with Crippen LogP contribution in [-0.2, 0) is 25.1 Å². The Morgan fingerprint density at radius 3 is 2.25 bits per heavy atom. The minimum absolute atomic E-state index is 0.183. The second kappa shape index (κ2) is 7.50. The van der Waals surface area contributed by atoms with Gasteiger partial charge in [0.25, 0.3) is 0 Å². The monoisotopic (exact) mass is 358 g/mol. The van der Waals surface area contributed by atoms with Crippen molar-refractivity contribution < 1.29 is 17.9 Å². The van der Waals surface area contributed by atoms with Crippen molar-refractivity contribution in [2.45, 2.75) is 19.1 Å². The van der Waals surface area contributed by atoms with Gasteiger partial charge in [0.1, 0.15) is 0 Å². The molecule has 1 aromatic carbocycles. The summed E-state index contributed by atoms with van der Waals surface area (Å²) in [6.45, 7) is 1.87. The van der Waals surface area contributed by atoms with Crippen molar-refractivity contribution in [1.29, 1.82) is 0 Å². The molecule has 1 aromatic rings. The Morgan fingerprint density at radius 2 is 1.75 bits per heavy atom. The number of carbonyl (C=O) groups excluding carboxylic acids is 1. The first-order chi connectivity index (χ1) is 9.25. The highest BCUT2D eigenvalue weighted by atomic mass is 35.5. The van der Waals surface area contributed by atoms with Crippen molar-refractivity contribution in [3.8, 4) is 0 Å². The Balaban J connectivity index is 2.79. The van der Waals surface area contributed by atoms with Crippen LogP contribution in [-0.4, -0.2) is 26.7 Å². The minimum Gasteiger partial charge on any atom is -0.466 e. The van der Waals surface area contributed by atoms with Gasteiger partial charge in [-0.25, -0.2) is 8.42 Å². The molecule has 0 amide bonds. The summed E-state index contributed by atoms with van der Waals surface area (Å²) < 4.78 is 28.6. The van der Waals surface area contributed by atoms with Crippen molar-refractivity contribution in [3.05, 3.63) is 32.8 Å². The van der Waals surface area contributed by atoms with Gasteiger partial charge in [-0.05, 0) is 19.1 Å². The summed E-state index contributed by atoms with van der Waals surface area (Å²) in [4.78, 5) is 11.2. The van der Waals surface area contributed by atoms with Gasteiger partial charge in [0.15, 0.2) is 9.84 Å². The average molecular weight is 360 g/mol. The van der Waals surface area contributed by atoms with Gasteiger partial charge in [-0.2, -0.15) is 0 Å². The standard InChI is InChI=1S/C12H13Cl3O4S/c1-2-19-12(16)3-4-20(17,18)7-9-10(14)5-8(13)6-11(9)15/h5-6H,2-4,7H2,1H3. The van der Waals surface area contributed by atoms with Crippen molar-refractivity contribution >= 4 is 50.6 Å². The van der Waals surface area contributed by atoms with E-state index >= 15 is 0 Å². The second-order valence-corrected chi connectivity index (χ2v) is 7.43. The van der Waals surface area contributed by atoms with E-state index < -0.39 is 15.8 Å². The molecule has 0 saturated heterocycles. The molecule has 0 aromatic heterocycles. The molecule has 4 nitrogen and oxygen atoms in total. The normalized spacial score (nSPS) is 11.4. The van der Waals surface area contributed by atoms with E-state index in [4.69, 9.17) is 34.8 Å². The highest BCUT2D eigenvalue weighted by Gasteiger charge is 2.19. The molecule has 0 atom stereocenters. The van der Waals surface area contributed by atoms with E-state index in [-0.39, 0.29) is 40.1 Å². The number of benzene rings is 1. The third-order valence-corrected chi connectivity index (χ3v) is 4.84. The molecule has 0 saturated carbocycles. The Labute approximate surface area is 132 Å². The molecule has 0 fully saturated rings. The fourth-order valence-corrected chi connectivity index (χ4v) is 3.96. The number of halogens is 3. The third-order valence-electron chi connectivity index (χ3n) is 2.39. The van der Waals surface area contributed by atoms with Crippen molar-refractivity contribution in [1.82, 2.24) is 0 Å². The quantitative estimate of drug-likeness (QED) is 0.729. The van der Waals surface area contributed by atoms with Crippen LogP contribution in [0.4, 0.5) is 0 Å². The summed E-state index contributed by atoms with van der Waals surface area (Å²) in [5, 5.41) is 0.692. The SMILES string of the molecule is CCOC(=O)CCS(=O)(=O)Cc1c(Cl)cc(Cl)cc1Cl. The van der Waals surface area contributed by atoms with Crippen molar-refractivity contribution in [2.75, 3.05) is 12.4 Å². The molecule has 0 N–H and O–H groups in total. The molecule has 0 heterocycles. The summed E-state index contributed by atoms with van der Waals surface area (Å²) in [5.74, 6) is -1.22. The topological polar surface area (TPSA) is 60.4 Å². The summed E-state index contributed by atoms with van der Waals surface area (Å²) in [6, 6.07) is 2.84. The number of hydrogen-bond donors (Lipinski definition) is 0. The lowest BCUT2D eigenvalue weighted by atomic mass is 10.2. The Hall–Kier alpha value is -0.490. The maximum Gasteiger partial charge on any atom is 0.306 e. The highest BCUT2D eigenvalue weighted by molar-refractivity contribution is 7.90. The lowest BCUT2D eigenvalue weighted by Gasteiger charge is -2.09. The summed E-state index contributed by atoms with van der Waals surface area (Å²) in [5.41, 5.74) is 0.279. The Kier molecular flexibility index (Phi) is 6.58. The smallest absolute Gasteiger partial charge is 0.306 e. The van der Waals surface area contributed by atoms with Crippen LogP contribution < -0.4 is 0 Å². The summed E-state index contributed by atoms with van der Waals surface area (Å²) in [7, 11) is -3.52. The first-order valence-corrected chi connectivity index (χ1v) is 8.70. The second-order valence-electron chi connectivity index (χ2n) is 4.00. The van der Waals surface area contributed by atoms with Crippen molar-refractivity contribution in [3.63, 3.8) is 0 Å². The van der Waals surface area contributed by atoms with Crippen molar-refractivity contribution in [2.24, 2.45) is 0 Å². The van der Waals surface area contributed by atoms with Gasteiger partial charge < -0.3 is 4.74 Å². The molecule has 0 aliphatic rings. The number of carbonyl (C=O) groups is 1. The van der Waals surface area contributed by atoms with Gasteiger partial charge in [-0.15, -0.1) is 0 Å². The Bertz CT molecular complexity index is 576. The van der Waals surface area contributed by atoms with E-state index in [0.717, 1.165) is 0 Å². The van der Waals surface area contributed by atoms with Gasteiger partial charge in [0.05, 0.1) is 24.5 Å². The molecule has 8 heteroatoms. The van der Waals surface area contributed by atoms with Crippen LogP contribution in [0.5, 0.6) is 0 Å². The van der Waals surface area contributed by atoms with E-state index in [1.54, 1.807) is 6.92 Å². The van der Waals surface area contributed by atoms with Crippen LogP contribution >= 0.6 is 34.8 Å². The predicted molar refractivity (Wildman–Crippen MR) is 80.2 cm³/mol. The van der Waals surface area contributed by atoms with E-state index in [0.29, 0.717) is 5.02 Å². The van der Waals surface area contributed by atoms with Crippen LogP contribution in [0.1, 0.15) is 18.9 Å². The molecule has 0 radical (unpaired) electrons. The van der Waals surface area contributed by atoms with Gasteiger partial charge in [0, 0.05) is 20.6 Å². The largest absolute Gasteiger partial charge is 0.466 e. The molecule has 1 rings (SSSR count). The zero-order valence-electron chi connectivity index (χ0n) is 10.7. The third kappa shape index (κ3) is 5.48. The van der Waals surface area contributed by atoms with Crippen LogP contribution in [0.15, 0.2) is 12.1 Å². The van der Waals surface area contributed by atoms with E-state index in [1.807, 2.05) is 0 Å². The molecule has 0 aliphatic carbocycles. The maximum absolute atomic E-state index is 11.9. The van der Waals surface area contributed by atoms with Crippen LogP contribution in [0.25, 0.3) is 0 Å². The van der Waals surface area contributed by atoms with E-state index in [2.05, 4.69) is 4.74 Å². The van der Waals surface area contributed by atoms with Crippen LogP contribution in [0, 0.1) is 0 Å². The average Bonchev–Trinajstić information content (AvgIpc) is 2.32. The molecule has 0 unspecified atom stereocenters. The highest BCUT2D eigenvalue weighted by Crippen LogP contribution is 2.30.